The molecule has 0 N–H and O–H groups in total. The average molecular weight is 651 g/mol. The molecule has 0 aromatic heterocycles. The van der Waals surface area contributed by atoms with E-state index in [0.29, 0.717) is 13.2 Å². The molecule has 0 aliphatic heterocycles. The van der Waals surface area contributed by atoms with Gasteiger partial charge in [0.2, 0.25) is 0 Å². The van der Waals surface area contributed by atoms with Crippen molar-refractivity contribution in [2.75, 3.05) is 27.4 Å². The van der Waals surface area contributed by atoms with E-state index in [9.17, 15) is 0 Å². The highest BCUT2D eigenvalue weighted by Crippen LogP contribution is 2.15. The minimum absolute atomic E-state index is 0.652. The lowest BCUT2D eigenvalue weighted by molar-refractivity contribution is -0.0105. The minimum atomic E-state index is -2.98. The summed E-state index contributed by atoms with van der Waals surface area (Å²) in [7, 11) is 0.321. The normalized spacial score (nSPS) is 12.2. The molecular weight excluding hydrogens is 573 g/mol. The van der Waals surface area contributed by atoms with Gasteiger partial charge in [-0.05, 0) is 77.0 Å². The molecule has 0 radical (unpaired) electrons. The lowest BCUT2D eigenvalue weighted by atomic mass is 10.1. The van der Waals surface area contributed by atoms with Gasteiger partial charge in [-0.3, -0.25) is 0 Å². The first-order valence-electron chi connectivity index (χ1n) is 19.5. The highest BCUT2D eigenvalue weighted by Gasteiger charge is 2.43. The van der Waals surface area contributed by atoms with Crippen LogP contribution in [0.15, 0.2) is 37.0 Å². The Balaban J connectivity index is 3.56. The molecule has 0 aliphatic rings. The molecule has 0 unspecified atom stereocenters. The summed E-state index contributed by atoms with van der Waals surface area (Å²) in [5.41, 5.74) is 0. The Bertz CT molecular complexity index is 632. The van der Waals surface area contributed by atoms with Crippen LogP contribution in [0.5, 0.6) is 0 Å². The first-order valence-corrected chi connectivity index (χ1v) is 21.2. The standard InChI is InChI=1S/C40H78O4Si/c1-5-7-9-11-13-15-17-19-21-23-24-26-28-30-32-34-36-38-40-44-45(41-3,42-4)43-39-37-35-33-31-29-27-25-22-20-18-16-14-12-10-8-6-2/h5,20,22-24H,1,6-19,21,25-40H2,2-4H3/b22-20-,24-23-. The van der Waals surface area contributed by atoms with Gasteiger partial charge < -0.3 is 17.7 Å². The molecule has 0 heterocycles. The summed E-state index contributed by atoms with van der Waals surface area (Å²) in [6.45, 7) is 7.38. The maximum Gasteiger partial charge on any atom is 0.679 e. The molecule has 0 amide bonds. The highest BCUT2D eigenvalue weighted by molar-refractivity contribution is 6.53. The van der Waals surface area contributed by atoms with Gasteiger partial charge in [0, 0.05) is 27.4 Å². The zero-order valence-corrected chi connectivity index (χ0v) is 31.6. The molecule has 0 atom stereocenters. The predicted molar refractivity (Wildman–Crippen MR) is 200 cm³/mol. The van der Waals surface area contributed by atoms with E-state index in [1.54, 1.807) is 14.2 Å². The zero-order chi connectivity index (χ0) is 32.8. The summed E-state index contributed by atoms with van der Waals surface area (Å²) in [6, 6.07) is 0. The summed E-state index contributed by atoms with van der Waals surface area (Å²) >= 11 is 0. The molecule has 0 bridgehead atoms. The lowest BCUT2D eigenvalue weighted by Crippen LogP contribution is -2.47. The van der Waals surface area contributed by atoms with Crippen LogP contribution < -0.4 is 0 Å². The second-order valence-electron chi connectivity index (χ2n) is 12.9. The van der Waals surface area contributed by atoms with E-state index >= 15 is 0 Å². The topological polar surface area (TPSA) is 36.9 Å². The van der Waals surface area contributed by atoms with E-state index < -0.39 is 9.05 Å². The molecule has 0 rings (SSSR count). The molecule has 0 aliphatic carbocycles. The number of allylic oxidation sites excluding steroid dienone is 5. The van der Waals surface area contributed by atoms with E-state index in [1.807, 2.05) is 6.08 Å². The summed E-state index contributed by atoms with van der Waals surface area (Å²) in [4.78, 5) is 0. The van der Waals surface area contributed by atoms with Gasteiger partial charge >= 0.3 is 9.05 Å². The molecule has 0 saturated carbocycles. The highest BCUT2D eigenvalue weighted by atomic mass is 28.4. The van der Waals surface area contributed by atoms with Gasteiger partial charge in [-0.25, -0.2) is 0 Å². The molecule has 0 aromatic carbocycles. The first-order chi connectivity index (χ1) is 22.2. The summed E-state index contributed by atoms with van der Waals surface area (Å²) in [6.07, 6.45) is 49.2. The molecule has 0 fully saturated rings. The van der Waals surface area contributed by atoms with Gasteiger partial charge in [0.05, 0.1) is 0 Å². The fourth-order valence-corrected chi connectivity index (χ4v) is 7.18. The van der Waals surface area contributed by atoms with Crippen LogP contribution in [0.25, 0.3) is 0 Å². The second-order valence-corrected chi connectivity index (χ2v) is 15.3. The fourth-order valence-electron chi connectivity index (χ4n) is 5.67. The van der Waals surface area contributed by atoms with E-state index in [0.717, 1.165) is 12.8 Å². The third-order valence-electron chi connectivity index (χ3n) is 8.67. The molecule has 0 spiro atoms. The van der Waals surface area contributed by atoms with Crippen LogP contribution in [-0.2, 0) is 17.7 Å². The van der Waals surface area contributed by atoms with Crippen molar-refractivity contribution in [3.63, 3.8) is 0 Å². The van der Waals surface area contributed by atoms with Crippen molar-refractivity contribution in [1.29, 1.82) is 0 Å². The van der Waals surface area contributed by atoms with Crippen molar-refractivity contribution >= 4 is 9.05 Å². The molecule has 0 saturated heterocycles. The molecule has 266 valence electrons. The lowest BCUT2D eigenvalue weighted by Gasteiger charge is -2.25. The Labute approximate surface area is 283 Å². The largest absolute Gasteiger partial charge is 0.679 e. The number of rotatable bonds is 38. The van der Waals surface area contributed by atoms with E-state index in [-0.39, 0.29) is 0 Å². The predicted octanol–water partition coefficient (Wildman–Crippen LogP) is 13.4. The Morgan fingerprint density at radius 3 is 1.00 bits per heavy atom. The monoisotopic (exact) mass is 651 g/mol. The first kappa shape index (κ1) is 44.3. The SMILES string of the molecule is C=CCCCCCCCC/C=C\CCCCCCCCO[Si](OC)(OC)OCCCCCCCC/C=C\CCCCCCCC. The Kier molecular flexibility index (Phi) is 37.1. The summed E-state index contributed by atoms with van der Waals surface area (Å²) in [5.74, 6) is 0. The average Bonchev–Trinajstić information content (AvgIpc) is 3.06. The smallest absolute Gasteiger partial charge is 0.355 e. The quantitative estimate of drug-likeness (QED) is 0.0378. The maximum absolute atomic E-state index is 6.04. The van der Waals surface area contributed by atoms with Crippen LogP contribution in [0, 0.1) is 0 Å². The second kappa shape index (κ2) is 37.7. The minimum Gasteiger partial charge on any atom is -0.355 e. The van der Waals surface area contributed by atoms with Crippen LogP contribution in [0.3, 0.4) is 0 Å². The van der Waals surface area contributed by atoms with Gasteiger partial charge in [-0.1, -0.05) is 146 Å². The fraction of sp³-hybridized carbons (Fsp3) is 0.850. The van der Waals surface area contributed by atoms with Crippen LogP contribution in [0.1, 0.15) is 193 Å². The zero-order valence-electron chi connectivity index (χ0n) is 30.6. The van der Waals surface area contributed by atoms with Gasteiger partial charge in [-0.15, -0.1) is 6.58 Å². The van der Waals surface area contributed by atoms with Crippen LogP contribution in [-0.4, -0.2) is 36.5 Å². The molecule has 5 heteroatoms. The number of hydrogen-bond acceptors (Lipinski definition) is 4. The van der Waals surface area contributed by atoms with Gasteiger partial charge in [0.25, 0.3) is 0 Å². The van der Waals surface area contributed by atoms with Crippen molar-refractivity contribution in [3.8, 4) is 0 Å². The van der Waals surface area contributed by atoms with Crippen molar-refractivity contribution in [2.45, 2.75) is 193 Å². The van der Waals surface area contributed by atoms with Crippen LogP contribution in [0.4, 0.5) is 0 Å². The molecule has 45 heavy (non-hydrogen) atoms. The van der Waals surface area contributed by atoms with Crippen LogP contribution in [0.2, 0.25) is 0 Å². The third kappa shape index (κ3) is 33.0. The Hall–Kier alpha value is -0.723. The summed E-state index contributed by atoms with van der Waals surface area (Å²) in [5, 5.41) is 0. The van der Waals surface area contributed by atoms with Crippen molar-refractivity contribution in [1.82, 2.24) is 0 Å². The van der Waals surface area contributed by atoms with E-state index in [1.165, 1.54) is 173 Å². The maximum atomic E-state index is 6.04. The van der Waals surface area contributed by atoms with E-state index in [4.69, 9.17) is 17.7 Å². The van der Waals surface area contributed by atoms with Crippen molar-refractivity contribution in [3.05, 3.63) is 37.0 Å². The van der Waals surface area contributed by atoms with Crippen LogP contribution >= 0.6 is 0 Å². The van der Waals surface area contributed by atoms with Crippen molar-refractivity contribution < 1.29 is 17.7 Å². The summed E-state index contributed by atoms with van der Waals surface area (Å²) < 4.78 is 23.3. The third-order valence-corrected chi connectivity index (χ3v) is 10.8. The number of hydrogen-bond donors (Lipinski definition) is 0. The molecular formula is C40H78O4Si. The van der Waals surface area contributed by atoms with Gasteiger partial charge in [0.15, 0.2) is 0 Å². The van der Waals surface area contributed by atoms with Crippen molar-refractivity contribution in [2.24, 2.45) is 0 Å². The number of unbranched alkanes of at least 4 members (excludes halogenated alkanes) is 25. The van der Waals surface area contributed by atoms with Gasteiger partial charge in [-0.2, -0.15) is 0 Å². The Morgan fingerprint density at radius 2 is 0.689 bits per heavy atom. The Morgan fingerprint density at radius 1 is 0.400 bits per heavy atom. The molecule has 4 nitrogen and oxygen atoms in total. The van der Waals surface area contributed by atoms with E-state index in [2.05, 4.69) is 37.8 Å². The van der Waals surface area contributed by atoms with Gasteiger partial charge in [0.1, 0.15) is 0 Å². The molecule has 0 aromatic rings.